The van der Waals surface area contributed by atoms with Crippen LogP contribution >= 0.6 is 11.3 Å². The Bertz CT molecular complexity index is 759. The first-order valence-electron chi connectivity index (χ1n) is 5.40. The SMILES string of the molecule is O=c1cc(/C=C/c2ccccc2)nc2scnn12. The summed E-state index contributed by atoms with van der Waals surface area (Å²) in [4.78, 5) is 16.7. The number of rotatable bonds is 2. The average molecular weight is 255 g/mol. The topological polar surface area (TPSA) is 47.3 Å². The molecule has 0 unspecified atom stereocenters. The van der Waals surface area contributed by atoms with Crippen molar-refractivity contribution in [3.63, 3.8) is 0 Å². The molecule has 0 fully saturated rings. The van der Waals surface area contributed by atoms with Gasteiger partial charge < -0.3 is 0 Å². The summed E-state index contributed by atoms with van der Waals surface area (Å²) in [7, 11) is 0. The van der Waals surface area contributed by atoms with Gasteiger partial charge in [-0.15, -0.1) is 0 Å². The number of hydrogen-bond donors (Lipinski definition) is 0. The molecule has 0 bridgehead atoms. The molecule has 2 heterocycles. The van der Waals surface area contributed by atoms with E-state index in [-0.39, 0.29) is 5.56 Å². The van der Waals surface area contributed by atoms with E-state index < -0.39 is 0 Å². The van der Waals surface area contributed by atoms with Crippen molar-refractivity contribution in [1.82, 2.24) is 14.6 Å². The van der Waals surface area contributed by atoms with Crippen LogP contribution in [0.5, 0.6) is 0 Å². The van der Waals surface area contributed by atoms with Crippen LogP contribution in [0.25, 0.3) is 17.1 Å². The van der Waals surface area contributed by atoms with E-state index >= 15 is 0 Å². The number of nitrogens with zero attached hydrogens (tertiary/aromatic N) is 3. The Morgan fingerprint density at radius 1 is 1.17 bits per heavy atom. The standard InChI is InChI=1S/C13H9N3OS/c17-12-8-11(15-13-16(12)14-9-18-13)7-6-10-4-2-1-3-5-10/h1-9H/b7-6+. The van der Waals surface area contributed by atoms with Gasteiger partial charge in [-0.25, -0.2) is 4.98 Å². The first-order valence-corrected chi connectivity index (χ1v) is 6.27. The molecule has 4 nitrogen and oxygen atoms in total. The minimum absolute atomic E-state index is 0.158. The van der Waals surface area contributed by atoms with Crippen LogP contribution in [0.1, 0.15) is 11.3 Å². The van der Waals surface area contributed by atoms with Crippen molar-refractivity contribution in [1.29, 1.82) is 0 Å². The summed E-state index contributed by atoms with van der Waals surface area (Å²) in [6, 6.07) is 11.4. The van der Waals surface area contributed by atoms with E-state index in [0.717, 1.165) is 5.56 Å². The molecule has 0 aliphatic heterocycles. The lowest BCUT2D eigenvalue weighted by Crippen LogP contribution is -2.13. The van der Waals surface area contributed by atoms with Crippen molar-refractivity contribution in [2.75, 3.05) is 0 Å². The zero-order chi connectivity index (χ0) is 12.4. The number of benzene rings is 1. The molecule has 0 radical (unpaired) electrons. The van der Waals surface area contributed by atoms with E-state index in [0.29, 0.717) is 10.7 Å². The maximum atomic E-state index is 11.7. The van der Waals surface area contributed by atoms with Crippen molar-refractivity contribution >= 4 is 28.4 Å². The van der Waals surface area contributed by atoms with Crippen LogP contribution in [0, 0.1) is 0 Å². The van der Waals surface area contributed by atoms with Crippen molar-refractivity contribution in [2.24, 2.45) is 0 Å². The molecule has 3 rings (SSSR count). The van der Waals surface area contributed by atoms with Gasteiger partial charge in [0.25, 0.3) is 5.56 Å². The summed E-state index contributed by atoms with van der Waals surface area (Å²) >= 11 is 1.34. The molecule has 5 heteroatoms. The number of hydrogen-bond acceptors (Lipinski definition) is 4. The zero-order valence-corrected chi connectivity index (χ0v) is 10.2. The first-order chi connectivity index (χ1) is 8.83. The third-order valence-corrected chi connectivity index (χ3v) is 3.13. The van der Waals surface area contributed by atoms with Gasteiger partial charge in [0, 0.05) is 6.07 Å². The highest BCUT2D eigenvalue weighted by atomic mass is 32.1. The largest absolute Gasteiger partial charge is 0.275 e. The molecular formula is C13H9N3OS. The van der Waals surface area contributed by atoms with E-state index in [1.54, 1.807) is 5.51 Å². The highest BCUT2D eigenvalue weighted by molar-refractivity contribution is 7.14. The van der Waals surface area contributed by atoms with E-state index in [1.807, 2.05) is 42.5 Å². The predicted octanol–water partition coefficient (Wildman–Crippen LogP) is 2.32. The lowest BCUT2D eigenvalue weighted by molar-refractivity contribution is 0.897. The molecule has 88 valence electrons. The third kappa shape index (κ3) is 2.08. The van der Waals surface area contributed by atoms with Gasteiger partial charge >= 0.3 is 0 Å². The zero-order valence-electron chi connectivity index (χ0n) is 9.35. The van der Waals surface area contributed by atoms with Gasteiger partial charge in [0.2, 0.25) is 4.96 Å². The molecule has 0 aliphatic carbocycles. The third-order valence-electron chi connectivity index (χ3n) is 2.45. The quantitative estimate of drug-likeness (QED) is 0.706. The molecule has 0 aliphatic rings. The van der Waals surface area contributed by atoms with E-state index in [4.69, 9.17) is 0 Å². The molecule has 0 N–H and O–H groups in total. The van der Waals surface area contributed by atoms with Crippen LogP contribution in [0.15, 0.2) is 46.7 Å². The van der Waals surface area contributed by atoms with Crippen LogP contribution < -0.4 is 5.56 Å². The normalized spacial score (nSPS) is 11.3. The second-order valence-electron chi connectivity index (χ2n) is 3.70. The van der Waals surface area contributed by atoms with Gasteiger partial charge in [-0.1, -0.05) is 47.7 Å². The van der Waals surface area contributed by atoms with Gasteiger partial charge in [-0.05, 0) is 11.6 Å². The monoisotopic (exact) mass is 255 g/mol. The van der Waals surface area contributed by atoms with Crippen LogP contribution in [-0.2, 0) is 0 Å². The fraction of sp³-hybridized carbons (Fsp3) is 0. The lowest BCUT2D eigenvalue weighted by atomic mass is 10.2. The molecule has 0 atom stereocenters. The molecule has 0 saturated heterocycles. The second kappa shape index (κ2) is 4.54. The summed E-state index contributed by atoms with van der Waals surface area (Å²) in [5, 5.41) is 3.91. The molecule has 0 spiro atoms. The minimum atomic E-state index is -0.158. The smallest absolute Gasteiger partial charge is 0.267 e. The first kappa shape index (κ1) is 10.9. The second-order valence-corrected chi connectivity index (χ2v) is 4.51. The molecular weight excluding hydrogens is 246 g/mol. The maximum absolute atomic E-state index is 11.7. The average Bonchev–Trinajstić information content (AvgIpc) is 2.86. The van der Waals surface area contributed by atoms with Gasteiger partial charge in [-0.3, -0.25) is 4.79 Å². The van der Waals surface area contributed by atoms with Crippen molar-refractivity contribution < 1.29 is 0 Å². The minimum Gasteiger partial charge on any atom is -0.267 e. The van der Waals surface area contributed by atoms with E-state index in [9.17, 15) is 4.79 Å². The van der Waals surface area contributed by atoms with Crippen molar-refractivity contribution in [3.05, 3.63) is 63.5 Å². The van der Waals surface area contributed by atoms with Crippen LogP contribution in [-0.4, -0.2) is 14.6 Å². The highest BCUT2D eigenvalue weighted by Crippen LogP contribution is 2.08. The van der Waals surface area contributed by atoms with Gasteiger partial charge in [0.1, 0.15) is 5.51 Å². The van der Waals surface area contributed by atoms with Gasteiger partial charge in [-0.2, -0.15) is 9.61 Å². The Hall–Kier alpha value is -2.27. The van der Waals surface area contributed by atoms with E-state index in [2.05, 4.69) is 10.1 Å². The highest BCUT2D eigenvalue weighted by Gasteiger charge is 2.01. The van der Waals surface area contributed by atoms with Crippen LogP contribution in [0.3, 0.4) is 0 Å². The van der Waals surface area contributed by atoms with Crippen LogP contribution in [0.4, 0.5) is 0 Å². The molecule has 2 aromatic heterocycles. The number of aromatic nitrogens is 3. The Balaban J connectivity index is 2.00. The van der Waals surface area contributed by atoms with E-state index in [1.165, 1.54) is 21.9 Å². The maximum Gasteiger partial charge on any atom is 0.275 e. The summed E-state index contributed by atoms with van der Waals surface area (Å²) in [6.07, 6.45) is 3.76. The van der Waals surface area contributed by atoms with Gasteiger partial charge in [0.15, 0.2) is 0 Å². The molecule has 18 heavy (non-hydrogen) atoms. The predicted molar refractivity (Wildman–Crippen MR) is 72.5 cm³/mol. The van der Waals surface area contributed by atoms with Gasteiger partial charge in [0.05, 0.1) is 5.69 Å². The van der Waals surface area contributed by atoms with Crippen LogP contribution in [0.2, 0.25) is 0 Å². The fourth-order valence-electron chi connectivity index (χ4n) is 1.60. The Labute approximate surface area is 107 Å². The van der Waals surface area contributed by atoms with Crippen molar-refractivity contribution in [2.45, 2.75) is 0 Å². The molecule has 0 saturated carbocycles. The molecule has 1 aromatic carbocycles. The Morgan fingerprint density at radius 3 is 2.83 bits per heavy atom. The Kier molecular flexibility index (Phi) is 2.74. The van der Waals surface area contributed by atoms with Crippen molar-refractivity contribution in [3.8, 4) is 0 Å². The Morgan fingerprint density at radius 2 is 2.00 bits per heavy atom. The summed E-state index contributed by atoms with van der Waals surface area (Å²) in [6.45, 7) is 0. The molecule has 0 amide bonds. The lowest BCUT2D eigenvalue weighted by Gasteiger charge is -1.94. The summed E-state index contributed by atoms with van der Waals surface area (Å²) in [5.41, 5.74) is 3.17. The fourth-order valence-corrected chi connectivity index (χ4v) is 2.23. The summed E-state index contributed by atoms with van der Waals surface area (Å²) in [5.74, 6) is 0. The number of fused-ring (bicyclic) bond motifs is 1. The molecule has 3 aromatic rings. The summed E-state index contributed by atoms with van der Waals surface area (Å²) < 4.78 is 1.30.